The molecule has 1 heterocycles. The van der Waals surface area contributed by atoms with Gasteiger partial charge in [-0.05, 0) is 56.2 Å². The third kappa shape index (κ3) is 5.51. The molecular weight excluding hydrogens is 333 g/mol. The predicted octanol–water partition coefficient (Wildman–Crippen LogP) is 3.48. The third-order valence-electron chi connectivity index (χ3n) is 3.99. The van der Waals surface area contributed by atoms with Crippen LogP contribution in [0, 0.1) is 18.7 Å². The van der Waals surface area contributed by atoms with Gasteiger partial charge in [-0.1, -0.05) is 12.2 Å². The Hall–Kier alpha value is -3.02. The molecule has 0 saturated carbocycles. The van der Waals surface area contributed by atoms with E-state index >= 15 is 0 Å². The van der Waals surface area contributed by atoms with E-state index in [1.165, 1.54) is 30.5 Å². The second-order valence-corrected chi connectivity index (χ2v) is 6.13. The summed E-state index contributed by atoms with van der Waals surface area (Å²) in [6.07, 6.45) is 3.67. The van der Waals surface area contributed by atoms with E-state index < -0.39 is 5.92 Å². The Bertz CT molecular complexity index is 803. The van der Waals surface area contributed by atoms with Crippen molar-refractivity contribution < 1.29 is 14.0 Å². The molecular formula is C20H22FN3O2. The minimum absolute atomic E-state index is 0.211. The van der Waals surface area contributed by atoms with E-state index in [1.54, 1.807) is 19.2 Å². The number of benzene rings is 1. The standard InChI is InChI=1S/C20H22FN3O2/c1-13-10-16(12-22-11-13)20(26)23-9-8-14(2)15(3)19(25)24-18-6-4-17(21)5-7-18/h4-7,10-12,15H,2,8-9H2,1,3H3,(H,23,26)(H,24,25). The van der Waals surface area contributed by atoms with Gasteiger partial charge in [0.2, 0.25) is 5.91 Å². The molecule has 0 aliphatic heterocycles. The number of aryl methyl sites for hydroxylation is 1. The molecule has 0 saturated heterocycles. The SMILES string of the molecule is C=C(CCNC(=O)c1cncc(C)c1)C(C)C(=O)Nc1ccc(F)cc1. The number of hydrogen-bond donors (Lipinski definition) is 2. The van der Waals surface area contributed by atoms with Crippen LogP contribution in [0.5, 0.6) is 0 Å². The van der Waals surface area contributed by atoms with E-state index in [1.807, 2.05) is 6.92 Å². The summed E-state index contributed by atoms with van der Waals surface area (Å²) in [6, 6.07) is 7.32. The Morgan fingerprint density at radius 1 is 1.23 bits per heavy atom. The van der Waals surface area contributed by atoms with Gasteiger partial charge < -0.3 is 10.6 Å². The highest BCUT2D eigenvalue weighted by Crippen LogP contribution is 2.16. The number of halogens is 1. The third-order valence-corrected chi connectivity index (χ3v) is 3.99. The normalized spacial score (nSPS) is 11.5. The molecule has 0 bridgehead atoms. The van der Waals surface area contributed by atoms with Crippen molar-refractivity contribution >= 4 is 17.5 Å². The van der Waals surface area contributed by atoms with Crippen LogP contribution in [0.3, 0.4) is 0 Å². The van der Waals surface area contributed by atoms with Gasteiger partial charge in [-0.2, -0.15) is 0 Å². The predicted molar refractivity (Wildman–Crippen MR) is 99.3 cm³/mol. The van der Waals surface area contributed by atoms with Gasteiger partial charge in [0, 0.05) is 24.6 Å². The van der Waals surface area contributed by atoms with Crippen LogP contribution in [0.25, 0.3) is 0 Å². The summed E-state index contributed by atoms with van der Waals surface area (Å²) in [4.78, 5) is 28.3. The van der Waals surface area contributed by atoms with Crippen molar-refractivity contribution in [1.82, 2.24) is 10.3 Å². The van der Waals surface area contributed by atoms with Crippen LogP contribution < -0.4 is 10.6 Å². The summed E-state index contributed by atoms with van der Waals surface area (Å²) in [7, 11) is 0. The second-order valence-electron chi connectivity index (χ2n) is 6.13. The lowest BCUT2D eigenvalue weighted by Gasteiger charge is -2.15. The molecule has 136 valence electrons. The summed E-state index contributed by atoms with van der Waals surface area (Å²) >= 11 is 0. The molecule has 2 rings (SSSR count). The molecule has 0 aliphatic rings. The van der Waals surface area contributed by atoms with Gasteiger partial charge in [-0.25, -0.2) is 4.39 Å². The van der Waals surface area contributed by atoms with Crippen LogP contribution in [0.2, 0.25) is 0 Å². The zero-order valence-electron chi connectivity index (χ0n) is 14.9. The molecule has 0 fully saturated rings. The second kappa shape index (κ2) is 8.89. The minimum Gasteiger partial charge on any atom is -0.352 e. The summed E-state index contributed by atoms with van der Waals surface area (Å²) in [5.74, 6) is -1.23. The number of pyridine rings is 1. The summed E-state index contributed by atoms with van der Waals surface area (Å²) in [5.41, 5.74) is 2.63. The number of aromatic nitrogens is 1. The largest absolute Gasteiger partial charge is 0.352 e. The maximum absolute atomic E-state index is 12.9. The molecule has 26 heavy (non-hydrogen) atoms. The van der Waals surface area contributed by atoms with Crippen LogP contribution in [-0.2, 0) is 4.79 Å². The number of anilines is 1. The monoisotopic (exact) mass is 355 g/mol. The van der Waals surface area contributed by atoms with Gasteiger partial charge in [0.15, 0.2) is 0 Å². The Morgan fingerprint density at radius 2 is 1.92 bits per heavy atom. The van der Waals surface area contributed by atoms with Crippen molar-refractivity contribution in [3.05, 3.63) is 71.8 Å². The highest BCUT2D eigenvalue weighted by Gasteiger charge is 2.16. The zero-order valence-corrected chi connectivity index (χ0v) is 14.9. The van der Waals surface area contributed by atoms with Gasteiger partial charge in [0.05, 0.1) is 11.5 Å². The lowest BCUT2D eigenvalue weighted by molar-refractivity contribution is -0.118. The molecule has 1 aromatic heterocycles. The highest BCUT2D eigenvalue weighted by atomic mass is 19.1. The van der Waals surface area contributed by atoms with Gasteiger partial charge in [0.25, 0.3) is 5.91 Å². The molecule has 6 heteroatoms. The maximum Gasteiger partial charge on any atom is 0.252 e. The van der Waals surface area contributed by atoms with E-state index in [-0.39, 0.29) is 17.6 Å². The molecule has 0 aliphatic carbocycles. The summed E-state index contributed by atoms with van der Waals surface area (Å²) < 4.78 is 12.9. The van der Waals surface area contributed by atoms with Crippen molar-refractivity contribution in [3.63, 3.8) is 0 Å². The number of hydrogen-bond acceptors (Lipinski definition) is 3. The number of rotatable bonds is 7. The van der Waals surface area contributed by atoms with E-state index in [4.69, 9.17) is 0 Å². The summed E-state index contributed by atoms with van der Waals surface area (Å²) in [5, 5.41) is 5.51. The lowest BCUT2D eigenvalue weighted by Crippen LogP contribution is -2.27. The molecule has 2 amide bonds. The fourth-order valence-corrected chi connectivity index (χ4v) is 2.30. The number of nitrogens with one attached hydrogen (secondary N) is 2. The topological polar surface area (TPSA) is 71.1 Å². The first-order valence-corrected chi connectivity index (χ1v) is 8.31. The average molecular weight is 355 g/mol. The number of carbonyl (C=O) groups is 2. The maximum atomic E-state index is 12.9. The van der Waals surface area contributed by atoms with E-state index in [9.17, 15) is 14.0 Å². The van der Waals surface area contributed by atoms with Crippen molar-refractivity contribution in [2.45, 2.75) is 20.3 Å². The molecule has 1 aromatic carbocycles. The number of amides is 2. The fourth-order valence-electron chi connectivity index (χ4n) is 2.30. The average Bonchev–Trinajstić information content (AvgIpc) is 2.62. The Balaban J connectivity index is 1.80. The molecule has 1 atom stereocenters. The number of nitrogens with zero attached hydrogens (tertiary/aromatic N) is 1. The van der Waals surface area contributed by atoms with Crippen LogP contribution in [0.1, 0.15) is 29.3 Å². The Morgan fingerprint density at radius 3 is 2.58 bits per heavy atom. The molecule has 2 aromatic rings. The van der Waals surface area contributed by atoms with Crippen LogP contribution in [0.4, 0.5) is 10.1 Å². The highest BCUT2D eigenvalue weighted by molar-refractivity contribution is 5.94. The van der Waals surface area contributed by atoms with E-state index in [2.05, 4.69) is 22.2 Å². The van der Waals surface area contributed by atoms with Crippen LogP contribution in [-0.4, -0.2) is 23.3 Å². The minimum atomic E-state index is -0.433. The quantitative estimate of drug-likeness (QED) is 0.747. The lowest BCUT2D eigenvalue weighted by atomic mass is 9.98. The molecule has 0 radical (unpaired) electrons. The van der Waals surface area contributed by atoms with Crippen LogP contribution in [0.15, 0.2) is 54.9 Å². The van der Waals surface area contributed by atoms with Crippen LogP contribution >= 0.6 is 0 Å². The van der Waals surface area contributed by atoms with Gasteiger partial charge in [-0.3, -0.25) is 14.6 Å². The summed E-state index contributed by atoms with van der Waals surface area (Å²) in [6.45, 7) is 7.92. The first kappa shape index (κ1) is 19.3. The van der Waals surface area contributed by atoms with Gasteiger partial charge >= 0.3 is 0 Å². The number of carbonyl (C=O) groups excluding carboxylic acids is 2. The van der Waals surface area contributed by atoms with Gasteiger partial charge in [-0.15, -0.1) is 0 Å². The Labute approximate surface area is 152 Å². The molecule has 0 spiro atoms. The molecule has 5 nitrogen and oxygen atoms in total. The van der Waals surface area contributed by atoms with E-state index in [0.29, 0.717) is 29.8 Å². The van der Waals surface area contributed by atoms with Gasteiger partial charge in [0.1, 0.15) is 5.82 Å². The first-order valence-electron chi connectivity index (χ1n) is 8.31. The fraction of sp³-hybridized carbons (Fsp3) is 0.250. The zero-order chi connectivity index (χ0) is 19.1. The van der Waals surface area contributed by atoms with E-state index in [0.717, 1.165) is 5.56 Å². The van der Waals surface area contributed by atoms with Crippen molar-refractivity contribution in [2.75, 3.05) is 11.9 Å². The van der Waals surface area contributed by atoms with Crippen molar-refractivity contribution in [1.29, 1.82) is 0 Å². The van der Waals surface area contributed by atoms with Crippen molar-refractivity contribution in [2.24, 2.45) is 5.92 Å². The first-order chi connectivity index (χ1) is 12.4. The smallest absolute Gasteiger partial charge is 0.252 e. The Kier molecular flexibility index (Phi) is 6.60. The van der Waals surface area contributed by atoms with Crippen molar-refractivity contribution in [3.8, 4) is 0 Å². The molecule has 1 unspecified atom stereocenters. The molecule has 2 N–H and O–H groups in total.